The zero-order chi connectivity index (χ0) is 13.0. The van der Waals surface area contributed by atoms with Gasteiger partial charge in [0.2, 0.25) is 0 Å². The van der Waals surface area contributed by atoms with Crippen molar-refractivity contribution in [2.75, 3.05) is 0 Å². The first-order valence-corrected chi connectivity index (χ1v) is 5.69. The summed E-state index contributed by atoms with van der Waals surface area (Å²) in [7, 11) is 0. The van der Waals surface area contributed by atoms with Gasteiger partial charge in [-0.2, -0.15) is 5.10 Å². The standard InChI is InChI=1S/C13H11ClN2O2/c14-12-7-15-16(9-12)8-11-3-1-10(2-4-11)5-6-13(17)18/h1-7,9H,8H2,(H,17,18)/b6-5+. The average Bonchev–Trinajstić information content (AvgIpc) is 2.74. The first-order chi connectivity index (χ1) is 8.63. The highest BCUT2D eigenvalue weighted by Gasteiger charge is 1.98. The van der Waals surface area contributed by atoms with Gasteiger partial charge in [-0.25, -0.2) is 4.79 Å². The Labute approximate surface area is 109 Å². The predicted molar refractivity (Wildman–Crippen MR) is 69.5 cm³/mol. The van der Waals surface area contributed by atoms with Crippen LogP contribution in [0.25, 0.3) is 6.08 Å². The number of hydrogen-bond donors (Lipinski definition) is 1. The summed E-state index contributed by atoms with van der Waals surface area (Å²) in [6.07, 6.45) is 6.00. The third-order valence-electron chi connectivity index (χ3n) is 2.34. The smallest absolute Gasteiger partial charge is 0.328 e. The Morgan fingerprint density at radius 1 is 1.39 bits per heavy atom. The lowest BCUT2D eigenvalue weighted by Crippen LogP contribution is -1.99. The molecule has 1 N–H and O–H groups in total. The highest BCUT2D eigenvalue weighted by molar-refractivity contribution is 6.30. The highest BCUT2D eigenvalue weighted by Crippen LogP contribution is 2.10. The van der Waals surface area contributed by atoms with Crippen LogP contribution in [0.5, 0.6) is 0 Å². The van der Waals surface area contributed by atoms with Gasteiger partial charge >= 0.3 is 5.97 Å². The summed E-state index contributed by atoms with van der Waals surface area (Å²) in [6.45, 7) is 0.635. The summed E-state index contributed by atoms with van der Waals surface area (Å²) in [5.41, 5.74) is 1.92. The number of hydrogen-bond acceptors (Lipinski definition) is 2. The van der Waals surface area contributed by atoms with Gasteiger partial charge in [0.05, 0.1) is 17.8 Å². The minimum atomic E-state index is -0.953. The van der Waals surface area contributed by atoms with Crippen LogP contribution in [0.2, 0.25) is 5.02 Å². The van der Waals surface area contributed by atoms with Gasteiger partial charge < -0.3 is 5.11 Å². The van der Waals surface area contributed by atoms with Crippen molar-refractivity contribution in [2.24, 2.45) is 0 Å². The Morgan fingerprint density at radius 2 is 2.11 bits per heavy atom. The molecule has 18 heavy (non-hydrogen) atoms. The molecule has 1 heterocycles. The van der Waals surface area contributed by atoms with Crippen LogP contribution in [0.3, 0.4) is 0 Å². The van der Waals surface area contributed by atoms with Crippen LogP contribution >= 0.6 is 11.6 Å². The predicted octanol–water partition coefficient (Wildman–Crippen LogP) is 2.68. The first kappa shape index (κ1) is 12.4. The molecular formula is C13H11ClN2O2. The summed E-state index contributed by atoms with van der Waals surface area (Å²) in [5.74, 6) is -0.953. The van der Waals surface area contributed by atoms with E-state index in [1.54, 1.807) is 23.2 Å². The summed E-state index contributed by atoms with van der Waals surface area (Å²) >= 11 is 5.77. The second-order valence-corrected chi connectivity index (χ2v) is 4.21. The van der Waals surface area contributed by atoms with Gasteiger partial charge in [0.15, 0.2) is 0 Å². The number of benzene rings is 1. The molecule has 5 heteroatoms. The average molecular weight is 263 g/mol. The molecule has 0 aliphatic carbocycles. The molecule has 0 spiro atoms. The van der Waals surface area contributed by atoms with Gasteiger partial charge in [-0.05, 0) is 17.2 Å². The van der Waals surface area contributed by atoms with Crippen molar-refractivity contribution in [3.63, 3.8) is 0 Å². The Hall–Kier alpha value is -2.07. The molecule has 1 aromatic carbocycles. The summed E-state index contributed by atoms with van der Waals surface area (Å²) in [4.78, 5) is 10.4. The van der Waals surface area contributed by atoms with Crippen molar-refractivity contribution in [3.05, 3.63) is 58.9 Å². The zero-order valence-electron chi connectivity index (χ0n) is 9.45. The van der Waals surface area contributed by atoms with Crippen LogP contribution in [0.4, 0.5) is 0 Å². The topological polar surface area (TPSA) is 55.1 Å². The molecule has 0 atom stereocenters. The molecule has 2 rings (SSSR count). The largest absolute Gasteiger partial charge is 0.478 e. The maximum atomic E-state index is 10.4. The fraction of sp³-hybridized carbons (Fsp3) is 0.0769. The minimum absolute atomic E-state index is 0.607. The van der Waals surface area contributed by atoms with E-state index in [2.05, 4.69) is 5.10 Å². The van der Waals surface area contributed by atoms with E-state index in [-0.39, 0.29) is 0 Å². The SMILES string of the molecule is O=C(O)/C=C/c1ccc(Cn2cc(Cl)cn2)cc1. The number of nitrogens with zero attached hydrogens (tertiary/aromatic N) is 2. The molecule has 0 aliphatic rings. The van der Waals surface area contributed by atoms with Crippen LogP contribution in [0.15, 0.2) is 42.7 Å². The Kier molecular flexibility index (Phi) is 3.79. The molecule has 0 unspecified atom stereocenters. The maximum absolute atomic E-state index is 10.4. The lowest BCUT2D eigenvalue weighted by atomic mass is 10.1. The second-order valence-electron chi connectivity index (χ2n) is 3.77. The van der Waals surface area contributed by atoms with E-state index in [1.807, 2.05) is 24.3 Å². The summed E-state index contributed by atoms with van der Waals surface area (Å²) in [6, 6.07) is 7.58. The molecule has 92 valence electrons. The van der Waals surface area contributed by atoms with Crippen LogP contribution in [-0.2, 0) is 11.3 Å². The monoisotopic (exact) mass is 262 g/mol. The maximum Gasteiger partial charge on any atom is 0.328 e. The van der Waals surface area contributed by atoms with E-state index in [0.717, 1.165) is 17.2 Å². The number of aliphatic carboxylic acids is 1. The fourth-order valence-electron chi connectivity index (χ4n) is 1.51. The quantitative estimate of drug-likeness (QED) is 0.862. The number of carbonyl (C=O) groups is 1. The van der Waals surface area contributed by atoms with Gasteiger partial charge in [-0.3, -0.25) is 4.68 Å². The van der Waals surface area contributed by atoms with Crippen molar-refractivity contribution < 1.29 is 9.90 Å². The molecule has 0 aliphatic heterocycles. The lowest BCUT2D eigenvalue weighted by Gasteiger charge is -2.02. The molecule has 0 amide bonds. The normalized spacial score (nSPS) is 10.9. The van der Waals surface area contributed by atoms with Crippen molar-refractivity contribution in [3.8, 4) is 0 Å². The van der Waals surface area contributed by atoms with Crippen molar-refractivity contribution >= 4 is 23.6 Å². The summed E-state index contributed by atoms with van der Waals surface area (Å²) in [5, 5.41) is 13.2. The molecular weight excluding hydrogens is 252 g/mol. The van der Waals surface area contributed by atoms with Gasteiger partial charge in [0.25, 0.3) is 0 Å². The van der Waals surface area contributed by atoms with Crippen molar-refractivity contribution in [2.45, 2.75) is 6.54 Å². The molecule has 0 fully saturated rings. The Morgan fingerprint density at radius 3 is 2.67 bits per heavy atom. The molecule has 0 saturated heterocycles. The fourth-order valence-corrected chi connectivity index (χ4v) is 1.67. The van der Waals surface area contributed by atoms with Gasteiger partial charge in [0, 0.05) is 12.3 Å². The lowest BCUT2D eigenvalue weighted by molar-refractivity contribution is -0.131. The van der Waals surface area contributed by atoms with Crippen LogP contribution < -0.4 is 0 Å². The van der Waals surface area contributed by atoms with Gasteiger partial charge in [0.1, 0.15) is 0 Å². The van der Waals surface area contributed by atoms with Crippen molar-refractivity contribution in [1.82, 2.24) is 9.78 Å². The molecule has 0 saturated carbocycles. The van der Waals surface area contributed by atoms with E-state index in [0.29, 0.717) is 11.6 Å². The van der Waals surface area contributed by atoms with E-state index in [9.17, 15) is 4.79 Å². The highest BCUT2D eigenvalue weighted by atomic mass is 35.5. The van der Waals surface area contributed by atoms with Gasteiger partial charge in [-0.15, -0.1) is 0 Å². The molecule has 2 aromatic rings. The van der Waals surface area contributed by atoms with Crippen LogP contribution in [0.1, 0.15) is 11.1 Å². The molecule has 0 bridgehead atoms. The first-order valence-electron chi connectivity index (χ1n) is 5.31. The molecule has 4 nitrogen and oxygen atoms in total. The number of aromatic nitrogens is 2. The third kappa shape index (κ3) is 3.46. The number of carboxylic acid groups (broad SMARTS) is 1. The zero-order valence-corrected chi connectivity index (χ0v) is 10.2. The van der Waals surface area contributed by atoms with Gasteiger partial charge in [-0.1, -0.05) is 35.9 Å². The molecule has 1 aromatic heterocycles. The van der Waals surface area contributed by atoms with Crippen LogP contribution in [-0.4, -0.2) is 20.9 Å². The Bertz CT molecular complexity index is 573. The molecule has 0 radical (unpaired) electrons. The summed E-state index contributed by atoms with van der Waals surface area (Å²) < 4.78 is 1.74. The number of halogens is 1. The van der Waals surface area contributed by atoms with Crippen LogP contribution in [0, 0.1) is 0 Å². The third-order valence-corrected chi connectivity index (χ3v) is 2.54. The van der Waals surface area contributed by atoms with E-state index < -0.39 is 5.97 Å². The number of rotatable bonds is 4. The second kappa shape index (κ2) is 5.51. The number of carboxylic acids is 1. The van der Waals surface area contributed by atoms with E-state index in [4.69, 9.17) is 16.7 Å². The minimum Gasteiger partial charge on any atom is -0.478 e. The van der Waals surface area contributed by atoms with Crippen molar-refractivity contribution in [1.29, 1.82) is 0 Å². The Balaban J connectivity index is 2.06. The van der Waals surface area contributed by atoms with E-state index in [1.165, 1.54) is 0 Å². The van der Waals surface area contributed by atoms with E-state index >= 15 is 0 Å².